The summed E-state index contributed by atoms with van der Waals surface area (Å²) < 4.78 is 0. The van der Waals surface area contributed by atoms with E-state index < -0.39 is 6.04 Å². The first kappa shape index (κ1) is 11.6. The number of carbonyl (C=O) groups is 2. The van der Waals surface area contributed by atoms with E-state index >= 15 is 0 Å². The minimum Gasteiger partial charge on any atom is -0.342 e. The van der Waals surface area contributed by atoms with Gasteiger partial charge in [-0.2, -0.15) is 0 Å². The van der Waals surface area contributed by atoms with Gasteiger partial charge in [-0.15, -0.1) is 0 Å². The zero-order chi connectivity index (χ0) is 12.4. The highest BCUT2D eigenvalue weighted by atomic mass is 16.2. The molecule has 1 aliphatic heterocycles. The smallest absolute Gasteiger partial charge is 0.245 e. The number of nitrogens with zero attached hydrogens (tertiary/aromatic N) is 1. The van der Waals surface area contributed by atoms with Crippen molar-refractivity contribution in [2.45, 2.75) is 25.4 Å². The summed E-state index contributed by atoms with van der Waals surface area (Å²) in [4.78, 5) is 25.1. The molecule has 1 heterocycles. The molecule has 17 heavy (non-hydrogen) atoms. The molecule has 1 fully saturated rings. The third-order valence-corrected chi connectivity index (χ3v) is 3.21. The Morgan fingerprint density at radius 1 is 1.24 bits per heavy atom. The molecule has 1 N–H and O–H groups in total. The van der Waals surface area contributed by atoms with E-state index in [9.17, 15) is 9.59 Å². The average Bonchev–Trinajstić information content (AvgIpc) is 2.35. The van der Waals surface area contributed by atoms with E-state index in [1.807, 2.05) is 30.3 Å². The van der Waals surface area contributed by atoms with Crippen molar-refractivity contribution in [3.63, 3.8) is 0 Å². The van der Waals surface area contributed by atoms with Crippen molar-refractivity contribution < 1.29 is 9.59 Å². The number of hydrogen-bond donors (Lipinski definition) is 1. The SMILES string of the molecule is CC1C(=O)NC(Cc2ccccc2)C(=O)N1C. The molecule has 0 saturated carbocycles. The standard InChI is InChI=1S/C13H16N2O2/c1-9-12(16)14-11(13(17)15(9)2)8-10-6-4-3-5-7-10/h3-7,9,11H,8H2,1-2H3,(H,14,16). The molecule has 1 saturated heterocycles. The van der Waals surface area contributed by atoms with Gasteiger partial charge < -0.3 is 10.2 Å². The molecule has 0 aliphatic carbocycles. The summed E-state index contributed by atoms with van der Waals surface area (Å²) in [5.74, 6) is -0.117. The molecule has 2 atom stereocenters. The normalized spacial score (nSPS) is 24.7. The van der Waals surface area contributed by atoms with Crippen LogP contribution < -0.4 is 5.32 Å². The first-order valence-electron chi connectivity index (χ1n) is 5.70. The van der Waals surface area contributed by atoms with Gasteiger partial charge in [-0.25, -0.2) is 0 Å². The third kappa shape index (κ3) is 2.30. The van der Waals surface area contributed by atoms with Crippen molar-refractivity contribution >= 4 is 11.8 Å². The van der Waals surface area contributed by atoms with E-state index in [-0.39, 0.29) is 17.9 Å². The van der Waals surface area contributed by atoms with Crippen molar-refractivity contribution in [1.82, 2.24) is 10.2 Å². The Bertz CT molecular complexity index is 430. The number of likely N-dealkylation sites (N-methyl/N-ethyl adjacent to an activating group) is 1. The van der Waals surface area contributed by atoms with Gasteiger partial charge >= 0.3 is 0 Å². The molecule has 4 heteroatoms. The van der Waals surface area contributed by atoms with Crippen LogP contribution in [0.2, 0.25) is 0 Å². The van der Waals surface area contributed by atoms with Crippen molar-refractivity contribution in [3.8, 4) is 0 Å². The third-order valence-electron chi connectivity index (χ3n) is 3.21. The Morgan fingerprint density at radius 3 is 2.53 bits per heavy atom. The number of nitrogens with one attached hydrogen (secondary N) is 1. The number of piperazine rings is 1. The second kappa shape index (κ2) is 4.57. The van der Waals surface area contributed by atoms with Gasteiger partial charge in [0.1, 0.15) is 12.1 Å². The lowest BCUT2D eigenvalue weighted by atomic mass is 10.0. The Labute approximate surface area is 101 Å². The van der Waals surface area contributed by atoms with E-state index in [4.69, 9.17) is 0 Å². The highest BCUT2D eigenvalue weighted by Crippen LogP contribution is 2.11. The molecule has 90 valence electrons. The van der Waals surface area contributed by atoms with Gasteiger partial charge in [0, 0.05) is 13.5 Å². The highest BCUT2D eigenvalue weighted by Gasteiger charge is 2.35. The lowest BCUT2D eigenvalue weighted by Gasteiger charge is -2.34. The van der Waals surface area contributed by atoms with Gasteiger partial charge in [-0.3, -0.25) is 9.59 Å². The van der Waals surface area contributed by atoms with E-state index in [1.165, 1.54) is 4.90 Å². The molecule has 1 aliphatic rings. The maximum absolute atomic E-state index is 12.0. The Morgan fingerprint density at radius 2 is 1.88 bits per heavy atom. The number of rotatable bonds is 2. The number of benzene rings is 1. The van der Waals surface area contributed by atoms with Crippen LogP contribution in [0, 0.1) is 0 Å². The zero-order valence-electron chi connectivity index (χ0n) is 10.0. The van der Waals surface area contributed by atoms with Crippen LogP contribution in [0.5, 0.6) is 0 Å². The summed E-state index contributed by atoms with van der Waals surface area (Å²) >= 11 is 0. The fourth-order valence-electron chi connectivity index (χ4n) is 1.95. The van der Waals surface area contributed by atoms with Crippen LogP contribution in [-0.2, 0) is 16.0 Å². The van der Waals surface area contributed by atoms with E-state index in [0.29, 0.717) is 6.42 Å². The Balaban J connectivity index is 2.12. The fourth-order valence-corrected chi connectivity index (χ4v) is 1.95. The van der Waals surface area contributed by atoms with Crippen molar-refractivity contribution in [1.29, 1.82) is 0 Å². The summed E-state index contributed by atoms with van der Waals surface area (Å²) in [6.07, 6.45) is 0.544. The van der Waals surface area contributed by atoms with Crippen LogP contribution in [0.25, 0.3) is 0 Å². The van der Waals surface area contributed by atoms with Crippen molar-refractivity contribution in [3.05, 3.63) is 35.9 Å². The number of carbonyl (C=O) groups excluding carboxylic acids is 2. The lowest BCUT2D eigenvalue weighted by Crippen LogP contribution is -2.61. The van der Waals surface area contributed by atoms with Gasteiger partial charge in [0.2, 0.25) is 11.8 Å². The molecule has 1 aromatic rings. The molecule has 0 spiro atoms. The minimum atomic E-state index is -0.439. The molecule has 0 radical (unpaired) electrons. The summed E-state index contributed by atoms with van der Waals surface area (Å²) in [6.45, 7) is 1.73. The summed E-state index contributed by atoms with van der Waals surface area (Å²) in [5.41, 5.74) is 1.05. The monoisotopic (exact) mass is 232 g/mol. The number of amides is 2. The van der Waals surface area contributed by atoms with Crippen LogP contribution in [0.4, 0.5) is 0 Å². The topological polar surface area (TPSA) is 49.4 Å². The predicted molar refractivity (Wildman–Crippen MR) is 64.3 cm³/mol. The second-order valence-corrected chi connectivity index (χ2v) is 4.38. The largest absolute Gasteiger partial charge is 0.342 e. The maximum atomic E-state index is 12.0. The molecule has 4 nitrogen and oxygen atoms in total. The van der Waals surface area contributed by atoms with E-state index in [0.717, 1.165) is 5.56 Å². The van der Waals surface area contributed by atoms with Gasteiger partial charge in [0.05, 0.1) is 0 Å². The van der Waals surface area contributed by atoms with Crippen LogP contribution >= 0.6 is 0 Å². The van der Waals surface area contributed by atoms with Crippen LogP contribution in [0.3, 0.4) is 0 Å². The van der Waals surface area contributed by atoms with E-state index in [2.05, 4.69) is 5.32 Å². The molecule has 2 unspecified atom stereocenters. The molecule has 2 rings (SSSR count). The second-order valence-electron chi connectivity index (χ2n) is 4.38. The van der Waals surface area contributed by atoms with Gasteiger partial charge in [0.15, 0.2) is 0 Å². The average molecular weight is 232 g/mol. The molecule has 0 aromatic heterocycles. The summed E-state index contributed by atoms with van der Waals surface area (Å²) in [7, 11) is 1.67. The molecular weight excluding hydrogens is 216 g/mol. The quantitative estimate of drug-likeness (QED) is 0.810. The molecule has 2 amide bonds. The highest BCUT2D eigenvalue weighted by molar-refractivity contribution is 5.96. The first-order valence-corrected chi connectivity index (χ1v) is 5.70. The number of hydrogen-bond acceptors (Lipinski definition) is 2. The molecular formula is C13H16N2O2. The fraction of sp³-hybridized carbons (Fsp3) is 0.385. The lowest BCUT2D eigenvalue weighted by molar-refractivity contribution is -0.146. The summed E-state index contributed by atoms with van der Waals surface area (Å²) in [5, 5.41) is 2.76. The molecule has 0 bridgehead atoms. The van der Waals surface area contributed by atoms with Crippen LogP contribution in [-0.4, -0.2) is 35.8 Å². The Kier molecular flexibility index (Phi) is 3.13. The van der Waals surface area contributed by atoms with Gasteiger partial charge in [-0.1, -0.05) is 30.3 Å². The van der Waals surface area contributed by atoms with E-state index in [1.54, 1.807) is 14.0 Å². The van der Waals surface area contributed by atoms with Gasteiger partial charge in [0.25, 0.3) is 0 Å². The summed E-state index contributed by atoms with van der Waals surface area (Å²) in [6, 6.07) is 8.88. The van der Waals surface area contributed by atoms with Crippen LogP contribution in [0.15, 0.2) is 30.3 Å². The Hall–Kier alpha value is -1.84. The van der Waals surface area contributed by atoms with Crippen molar-refractivity contribution in [2.75, 3.05) is 7.05 Å². The first-order chi connectivity index (χ1) is 8.09. The van der Waals surface area contributed by atoms with Crippen molar-refractivity contribution in [2.24, 2.45) is 0 Å². The maximum Gasteiger partial charge on any atom is 0.245 e. The van der Waals surface area contributed by atoms with Crippen LogP contribution in [0.1, 0.15) is 12.5 Å². The molecule has 1 aromatic carbocycles. The zero-order valence-corrected chi connectivity index (χ0v) is 10.0. The minimum absolute atomic E-state index is 0.0269. The van der Waals surface area contributed by atoms with Gasteiger partial charge in [-0.05, 0) is 12.5 Å². The predicted octanol–water partition coefficient (Wildman–Crippen LogP) is 0.574.